The van der Waals surface area contributed by atoms with E-state index < -0.39 is 0 Å². The molecular formula is C15H23ClN2O. The van der Waals surface area contributed by atoms with E-state index in [1.165, 1.54) is 5.56 Å². The minimum atomic E-state index is 0.0967. The molecule has 3 nitrogen and oxygen atoms in total. The van der Waals surface area contributed by atoms with Gasteiger partial charge in [0.2, 0.25) is 0 Å². The fourth-order valence-electron chi connectivity index (χ4n) is 2.81. The summed E-state index contributed by atoms with van der Waals surface area (Å²) in [5, 5.41) is 0.778. The third-order valence-electron chi connectivity index (χ3n) is 4.14. The molecule has 0 heterocycles. The molecule has 1 aromatic carbocycles. The lowest BCUT2D eigenvalue weighted by Gasteiger charge is -2.52. The van der Waals surface area contributed by atoms with Crippen LogP contribution in [0.5, 0.6) is 0 Å². The molecule has 1 aromatic rings. The summed E-state index contributed by atoms with van der Waals surface area (Å²) in [7, 11) is 2.14. The van der Waals surface area contributed by atoms with Gasteiger partial charge in [-0.3, -0.25) is 4.90 Å². The highest BCUT2D eigenvalue weighted by Crippen LogP contribution is 2.39. The Hall–Kier alpha value is -0.610. The van der Waals surface area contributed by atoms with Crippen LogP contribution in [0.15, 0.2) is 24.3 Å². The van der Waals surface area contributed by atoms with E-state index in [4.69, 9.17) is 22.1 Å². The molecule has 1 saturated carbocycles. The van der Waals surface area contributed by atoms with Crippen LogP contribution in [0.4, 0.5) is 0 Å². The van der Waals surface area contributed by atoms with Crippen molar-refractivity contribution < 1.29 is 4.74 Å². The number of ether oxygens (including phenoxy) is 1. The van der Waals surface area contributed by atoms with Crippen LogP contribution in [0.25, 0.3) is 0 Å². The quantitative estimate of drug-likeness (QED) is 0.872. The van der Waals surface area contributed by atoms with E-state index in [1.807, 2.05) is 19.1 Å². The summed E-state index contributed by atoms with van der Waals surface area (Å²) in [5.41, 5.74) is 7.35. The lowest BCUT2D eigenvalue weighted by atomic mass is 9.73. The molecule has 1 fully saturated rings. The van der Waals surface area contributed by atoms with Crippen LogP contribution in [-0.2, 0) is 11.3 Å². The molecule has 0 amide bonds. The van der Waals surface area contributed by atoms with Crippen LogP contribution in [-0.4, -0.2) is 36.7 Å². The average Bonchev–Trinajstić information content (AvgIpc) is 2.36. The minimum Gasteiger partial charge on any atom is -0.378 e. The maximum absolute atomic E-state index is 5.99. The number of hydrogen-bond acceptors (Lipinski definition) is 3. The second-order valence-electron chi connectivity index (χ2n) is 5.40. The molecule has 2 N–H and O–H groups in total. The van der Waals surface area contributed by atoms with E-state index in [0.717, 1.165) is 31.0 Å². The van der Waals surface area contributed by atoms with Crippen LogP contribution in [0, 0.1) is 0 Å². The van der Waals surface area contributed by atoms with Gasteiger partial charge in [0.05, 0.1) is 6.10 Å². The second kappa shape index (κ2) is 6.23. The molecule has 106 valence electrons. The molecule has 4 heteroatoms. The molecule has 0 saturated heterocycles. The van der Waals surface area contributed by atoms with Crippen molar-refractivity contribution in [3.63, 3.8) is 0 Å². The van der Waals surface area contributed by atoms with Gasteiger partial charge in [-0.2, -0.15) is 0 Å². The van der Waals surface area contributed by atoms with Crippen molar-refractivity contribution >= 4 is 11.6 Å². The number of nitrogens with zero attached hydrogens (tertiary/aromatic N) is 1. The lowest BCUT2D eigenvalue weighted by Crippen LogP contribution is -2.62. The standard InChI is InChI=1S/C15H23ClN2O/c1-3-19-14-8-15(9-14,11-17)18(2)10-12-4-6-13(16)7-5-12/h4-7,14H,3,8-11,17H2,1-2H3. The predicted molar refractivity (Wildman–Crippen MR) is 79.4 cm³/mol. The summed E-state index contributed by atoms with van der Waals surface area (Å²) in [5.74, 6) is 0. The van der Waals surface area contributed by atoms with Gasteiger partial charge in [-0.25, -0.2) is 0 Å². The van der Waals surface area contributed by atoms with Crippen molar-refractivity contribution in [1.82, 2.24) is 4.90 Å². The average molecular weight is 283 g/mol. The number of benzene rings is 1. The molecule has 1 aliphatic carbocycles. The highest BCUT2D eigenvalue weighted by atomic mass is 35.5. The maximum Gasteiger partial charge on any atom is 0.0611 e. The van der Waals surface area contributed by atoms with Gasteiger partial charge in [0.25, 0.3) is 0 Å². The van der Waals surface area contributed by atoms with E-state index in [1.54, 1.807) is 0 Å². The zero-order chi connectivity index (χ0) is 13.9. The predicted octanol–water partition coefficient (Wildman–Crippen LogP) is 2.67. The van der Waals surface area contributed by atoms with Crippen molar-refractivity contribution in [3.8, 4) is 0 Å². The molecule has 0 aliphatic heterocycles. The first-order valence-corrected chi connectivity index (χ1v) is 7.25. The first-order valence-electron chi connectivity index (χ1n) is 6.87. The van der Waals surface area contributed by atoms with Gasteiger partial charge in [0.15, 0.2) is 0 Å². The van der Waals surface area contributed by atoms with Gasteiger partial charge in [-0.05, 0) is 44.5 Å². The third kappa shape index (κ3) is 3.29. The Morgan fingerprint density at radius 1 is 1.37 bits per heavy atom. The summed E-state index contributed by atoms with van der Waals surface area (Å²) in [4.78, 5) is 2.35. The zero-order valence-corrected chi connectivity index (χ0v) is 12.5. The molecule has 2 rings (SSSR count). The van der Waals surface area contributed by atoms with Crippen LogP contribution in [0.3, 0.4) is 0 Å². The zero-order valence-electron chi connectivity index (χ0n) is 11.7. The molecule has 0 atom stereocenters. The number of rotatable bonds is 6. The fraction of sp³-hybridized carbons (Fsp3) is 0.600. The Kier molecular flexibility index (Phi) is 4.85. The Morgan fingerprint density at radius 2 is 2.00 bits per heavy atom. The van der Waals surface area contributed by atoms with Crippen molar-refractivity contribution in [1.29, 1.82) is 0 Å². The van der Waals surface area contributed by atoms with Crippen molar-refractivity contribution in [2.75, 3.05) is 20.2 Å². The summed E-state index contributed by atoms with van der Waals surface area (Å²) >= 11 is 5.91. The van der Waals surface area contributed by atoms with Crippen molar-refractivity contribution in [2.45, 2.75) is 38.0 Å². The molecule has 0 aromatic heterocycles. The van der Waals surface area contributed by atoms with Gasteiger partial charge < -0.3 is 10.5 Å². The van der Waals surface area contributed by atoms with Crippen LogP contribution >= 0.6 is 11.6 Å². The summed E-state index contributed by atoms with van der Waals surface area (Å²) in [6.07, 6.45) is 2.43. The number of likely N-dealkylation sites (N-methyl/N-ethyl adjacent to an activating group) is 1. The van der Waals surface area contributed by atoms with E-state index in [-0.39, 0.29) is 5.54 Å². The van der Waals surface area contributed by atoms with Crippen LogP contribution in [0.2, 0.25) is 5.02 Å². The Morgan fingerprint density at radius 3 is 2.53 bits per heavy atom. The van der Waals surface area contributed by atoms with Gasteiger partial charge in [0.1, 0.15) is 0 Å². The molecule has 0 bridgehead atoms. The fourth-order valence-corrected chi connectivity index (χ4v) is 2.93. The maximum atomic E-state index is 5.99. The molecular weight excluding hydrogens is 260 g/mol. The normalized spacial score (nSPS) is 26.5. The Bertz CT molecular complexity index is 401. The first-order chi connectivity index (χ1) is 9.09. The number of halogens is 1. The summed E-state index contributed by atoms with van der Waals surface area (Å²) in [6.45, 7) is 4.40. The molecule has 0 spiro atoms. The lowest BCUT2D eigenvalue weighted by molar-refractivity contribution is -0.0947. The number of nitrogens with two attached hydrogens (primary N) is 1. The van der Waals surface area contributed by atoms with Crippen molar-refractivity contribution in [2.24, 2.45) is 5.73 Å². The smallest absolute Gasteiger partial charge is 0.0611 e. The van der Waals surface area contributed by atoms with Crippen LogP contribution < -0.4 is 5.73 Å². The minimum absolute atomic E-state index is 0.0967. The Balaban J connectivity index is 1.95. The largest absolute Gasteiger partial charge is 0.378 e. The first kappa shape index (κ1) is 14.8. The van der Waals surface area contributed by atoms with Crippen LogP contribution in [0.1, 0.15) is 25.3 Å². The van der Waals surface area contributed by atoms with E-state index in [2.05, 4.69) is 24.1 Å². The Labute approximate surface area is 120 Å². The monoisotopic (exact) mass is 282 g/mol. The molecule has 0 unspecified atom stereocenters. The molecule has 0 radical (unpaired) electrons. The summed E-state index contributed by atoms with van der Waals surface area (Å²) < 4.78 is 5.65. The van der Waals surface area contributed by atoms with Gasteiger partial charge in [-0.1, -0.05) is 23.7 Å². The topological polar surface area (TPSA) is 38.5 Å². The molecule has 1 aliphatic rings. The van der Waals surface area contributed by atoms with E-state index in [9.17, 15) is 0 Å². The highest BCUT2D eigenvalue weighted by Gasteiger charge is 2.46. The van der Waals surface area contributed by atoms with Gasteiger partial charge in [-0.15, -0.1) is 0 Å². The number of hydrogen-bond donors (Lipinski definition) is 1. The van der Waals surface area contributed by atoms with E-state index >= 15 is 0 Å². The van der Waals surface area contributed by atoms with Gasteiger partial charge >= 0.3 is 0 Å². The van der Waals surface area contributed by atoms with E-state index in [0.29, 0.717) is 12.6 Å². The summed E-state index contributed by atoms with van der Waals surface area (Å²) in [6, 6.07) is 8.01. The SMILES string of the molecule is CCOC1CC(CN)(N(C)Cc2ccc(Cl)cc2)C1. The molecule has 19 heavy (non-hydrogen) atoms. The van der Waals surface area contributed by atoms with Gasteiger partial charge in [0, 0.05) is 30.3 Å². The highest BCUT2D eigenvalue weighted by molar-refractivity contribution is 6.30. The third-order valence-corrected chi connectivity index (χ3v) is 4.39. The second-order valence-corrected chi connectivity index (χ2v) is 5.83. The van der Waals surface area contributed by atoms with Crippen molar-refractivity contribution in [3.05, 3.63) is 34.9 Å².